The zero-order chi connectivity index (χ0) is 28.1. The van der Waals surface area contributed by atoms with Gasteiger partial charge in [0.2, 0.25) is 0 Å². The summed E-state index contributed by atoms with van der Waals surface area (Å²) in [5.74, 6) is -0.208. The first-order valence-electron chi connectivity index (χ1n) is 12.2. The minimum Gasteiger partial charge on any atom is -0.484 e. The zero-order valence-electron chi connectivity index (χ0n) is 20.9. The molecule has 0 saturated heterocycles. The van der Waals surface area contributed by atoms with E-state index in [1.54, 1.807) is 71.3 Å². The van der Waals surface area contributed by atoms with Crippen molar-refractivity contribution in [2.75, 3.05) is 11.9 Å². The molecule has 0 spiro atoms. The molecule has 0 saturated carbocycles. The number of para-hydroxylation sites is 2. The van der Waals surface area contributed by atoms with E-state index in [1.807, 2.05) is 24.3 Å². The molecule has 0 aliphatic heterocycles. The van der Waals surface area contributed by atoms with Crippen LogP contribution in [-0.2, 0) is 16.1 Å². The molecular formula is C30H22Cl2N4O4. The van der Waals surface area contributed by atoms with Crippen molar-refractivity contribution in [1.29, 1.82) is 0 Å². The SMILES string of the molecule is O=C(Cn1c2ccccc2c(=O)c2ccccc21)N/N=C\c1ccc(OCC(=O)Nc2ccc(Cl)c(Cl)c2)cc1. The van der Waals surface area contributed by atoms with Gasteiger partial charge < -0.3 is 14.6 Å². The van der Waals surface area contributed by atoms with E-state index < -0.39 is 0 Å². The van der Waals surface area contributed by atoms with Gasteiger partial charge in [0.25, 0.3) is 11.8 Å². The smallest absolute Gasteiger partial charge is 0.262 e. The molecule has 4 aromatic carbocycles. The van der Waals surface area contributed by atoms with Gasteiger partial charge in [0.1, 0.15) is 12.3 Å². The molecule has 0 aliphatic carbocycles. The van der Waals surface area contributed by atoms with E-state index in [0.29, 0.717) is 48.9 Å². The van der Waals surface area contributed by atoms with Crippen LogP contribution in [0.4, 0.5) is 5.69 Å². The van der Waals surface area contributed by atoms with Crippen LogP contribution in [-0.4, -0.2) is 29.2 Å². The Labute approximate surface area is 238 Å². The van der Waals surface area contributed by atoms with Gasteiger partial charge in [-0.05, 0) is 72.3 Å². The van der Waals surface area contributed by atoms with E-state index >= 15 is 0 Å². The van der Waals surface area contributed by atoms with Crippen LogP contribution in [0.3, 0.4) is 0 Å². The molecule has 1 aromatic heterocycles. The highest BCUT2D eigenvalue weighted by Gasteiger charge is 2.12. The number of hydrogen-bond acceptors (Lipinski definition) is 5. The first-order valence-corrected chi connectivity index (χ1v) is 12.9. The predicted octanol–water partition coefficient (Wildman–Crippen LogP) is 5.63. The van der Waals surface area contributed by atoms with Crippen LogP contribution in [0, 0.1) is 0 Å². The summed E-state index contributed by atoms with van der Waals surface area (Å²) in [6.45, 7) is -0.214. The van der Waals surface area contributed by atoms with Crippen molar-refractivity contribution in [2.45, 2.75) is 6.54 Å². The van der Waals surface area contributed by atoms with E-state index in [4.69, 9.17) is 27.9 Å². The highest BCUT2D eigenvalue weighted by molar-refractivity contribution is 6.42. The highest BCUT2D eigenvalue weighted by Crippen LogP contribution is 2.25. The lowest BCUT2D eigenvalue weighted by Crippen LogP contribution is -2.25. The van der Waals surface area contributed by atoms with Gasteiger partial charge in [-0.1, -0.05) is 47.5 Å². The summed E-state index contributed by atoms with van der Waals surface area (Å²) < 4.78 is 7.33. The summed E-state index contributed by atoms with van der Waals surface area (Å²) in [7, 11) is 0. The molecule has 2 amide bonds. The van der Waals surface area contributed by atoms with Gasteiger partial charge in [0, 0.05) is 16.5 Å². The number of amides is 2. The number of carbonyl (C=O) groups excluding carboxylic acids is 2. The maximum absolute atomic E-state index is 12.9. The molecule has 5 rings (SSSR count). The second kappa shape index (κ2) is 12.0. The van der Waals surface area contributed by atoms with Gasteiger partial charge in [-0.2, -0.15) is 5.10 Å². The number of halogens is 2. The van der Waals surface area contributed by atoms with Gasteiger partial charge in [0.15, 0.2) is 12.0 Å². The van der Waals surface area contributed by atoms with Crippen LogP contribution >= 0.6 is 23.2 Å². The number of fused-ring (bicyclic) bond motifs is 2. The van der Waals surface area contributed by atoms with E-state index in [-0.39, 0.29) is 30.4 Å². The van der Waals surface area contributed by atoms with E-state index in [1.165, 1.54) is 6.21 Å². The molecule has 0 fully saturated rings. The van der Waals surface area contributed by atoms with Crippen LogP contribution < -0.4 is 20.9 Å². The van der Waals surface area contributed by atoms with Gasteiger partial charge in [-0.25, -0.2) is 5.43 Å². The number of aromatic nitrogens is 1. The standard InChI is InChI=1S/C30H22Cl2N4O4/c31-24-14-11-20(15-25(24)32)34-29(38)18-40-21-12-9-19(10-13-21)16-33-35-28(37)17-36-26-7-3-1-5-22(26)30(39)23-6-2-4-8-27(23)36/h1-16H,17-18H2,(H,34,38)(H,35,37)/b33-16-. The zero-order valence-corrected chi connectivity index (χ0v) is 22.4. The fourth-order valence-corrected chi connectivity index (χ4v) is 4.47. The Balaban J connectivity index is 1.18. The molecular weight excluding hydrogens is 551 g/mol. The molecule has 0 atom stereocenters. The van der Waals surface area contributed by atoms with E-state index in [9.17, 15) is 14.4 Å². The second-order valence-electron chi connectivity index (χ2n) is 8.78. The number of pyridine rings is 1. The Morgan fingerprint density at radius 2 is 1.48 bits per heavy atom. The normalized spacial score (nSPS) is 11.2. The monoisotopic (exact) mass is 572 g/mol. The summed E-state index contributed by atoms with van der Waals surface area (Å²) >= 11 is 11.8. The summed E-state index contributed by atoms with van der Waals surface area (Å²) in [6, 6.07) is 26.1. The molecule has 0 bridgehead atoms. The summed E-state index contributed by atoms with van der Waals surface area (Å²) in [5.41, 5.74) is 5.04. The summed E-state index contributed by atoms with van der Waals surface area (Å²) in [4.78, 5) is 37.8. The molecule has 1 heterocycles. The van der Waals surface area contributed by atoms with Crippen molar-refractivity contribution in [2.24, 2.45) is 5.10 Å². The van der Waals surface area contributed by atoms with Gasteiger partial charge >= 0.3 is 0 Å². The molecule has 40 heavy (non-hydrogen) atoms. The van der Waals surface area contributed by atoms with Gasteiger partial charge in [0.05, 0.1) is 27.3 Å². The number of benzene rings is 4. The number of nitrogens with one attached hydrogen (secondary N) is 2. The number of anilines is 1. The average Bonchev–Trinajstić information content (AvgIpc) is 2.97. The third kappa shape index (κ3) is 6.14. The Bertz CT molecular complexity index is 1760. The number of nitrogens with zero attached hydrogens (tertiary/aromatic N) is 2. The molecule has 10 heteroatoms. The number of rotatable bonds is 8. The largest absolute Gasteiger partial charge is 0.484 e. The maximum Gasteiger partial charge on any atom is 0.262 e. The van der Waals surface area contributed by atoms with Crippen molar-refractivity contribution in [3.8, 4) is 5.75 Å². The first kappa shape index (κ1) is 26.9. The topological polar surface area (TPSA) is 102 Å². The Morgan fingerprint density at radius 3 is 2.12 bits per heavy atom. The van der Waals surface area contributed by atoms with E-state index in [2.05, 4.69) is 15.8 Å². The molecule has 0 radical (unpaired) electrons. The van der Waals surface area contributed by atoms with Crippen molar-refractivity contribution < 1.29 is 14.3 Å². The molecule has 5 aromatic rings. The predicted molar refractivity (Wildman–Crippen MR) is 158 cm³/mol. The summed E-state index contributed by atoms with van der Waals surface area (Å²) in [6.07, 6.45) is 1.50. The Hall–Kier alpha value is -4.66. The lowest BCUT2D eigenvalue weighted by atomic mass is 10.1. The summed E-state index contributed by atoms with van der Waals surface area (Å²) in [5, 5.41) is 8.57. The van der Waals surface area contributed by atoms with Crippen molar-refractivity contribution >= 4 is 68.7 Å². The number of ether oxygens (including phenoxy) is 1. The van der Waals surface area contributed by atoms with E-state index in [0.717, 1.165) is 0 Å². The van der Waals surface area contributed by atoms with Crippen LogP contribution in [0.15, 0.2) is 101 Å². The number of carbonyl (C=O) groups is 2. The minimum atomic E-state index is -0.352. The highest BCUT2D eigenvalue weighted by atomic mass is 35.5. The Morgan fingerprint density at radius 1 is 0.825 bits per heavy atom. The number of hydrazone groups is 1. The fraction of sp³-hybridized carbons (Fsp3) is 0.0667. The molecule has 200 valence electrons. The number of hydrogen-bond donors (Lipinski definition) is 2. The molecule has 8 nitrogen and oxygen atoms in total. The second-order valence-corrected chi connectivity index (χ2v) is 9.59. The molecule has 0 aliphatic rings. The lowest BCUT2D eigenvalue weighted by molar-refractivity contribution is -0.121. The maximum atomic E-state index is 12.9. The van der Waals surface area contributed by atoms with Crippen LogP contribution in [0.1, 0.15) is 5.56 Å². The Kier molecular flexibility index (Phi) is 8.10. The van der Waals surface area contributed by atoms with Crippen LogP contribution in [0.2, 0.25) is 10.0 Å². The third-order valence-corrected chi connectivity index (χ3v) is 6.78. The lowest BCUT2D eigenvalue weighted by Gasteiger charge is -2.14. The van der Waals surface area contributed by atoms with Gasteiger partial charge in [-0.3, -0.25) is 14.4 Å². The van der Waals surface area contributed by atoms with Gasteiger partial charge in [-0.15, -0.1) is 0 Å². The quantitative estimate of drug-likeness (QED) is 0.143. The van der Waals surface area contributed by atoms with Crippen LogP contribution in [0.25, 0.3) is 21.8 Å². The molecule has 2 N–H and O–H groups in total. The average molecular weight is 573 g/mol. The van der Waals surface area contributed by atoms with Crippen LogP contribution in [0.5, 0.6) is 5.75 Å². The molecule has 0 unspecified atom stereocenters. The minimum absolute atomic E-state index is 0.0181. The van der Waals surface area contributed by atoms with Crippen molar-refractivity contribution in [3.05, 3.63) is 117 Å². The van der Waals surface area contributed by atoms with Crippen molar-refractivity contribution in [1.82, 2.24) is 9.99 Å². The third-order valence-electron chi connectivity index (χ3n) is 6.04. The fourth-order valence-electron chi connectivity index (χ4n) is 4.17. The first-order chi connectivity index (χ1) is 19.4. The van der Waals surface area contributed by atoms with Crippen molar-refractivity contribution in [3.63, 3.8) is 0 Å².